The molecule has 0 atom stereocenters. The second kappa shape index (κ2) is 10.2. The van der Waals surface area contributed by atoms with Crippen LogP contribution in [0.4, 0.5) is 0 Å². The molecule has 5 rings (SSSR count). The molecule has 0 saturated carbocycles. The molecule has 0 bridgehead atoms. The molecule has 0 unspecified atom stereocenters. The zero-order valence-corrected chi connectivity index (χ0v) is 24.2. The highest BCUT2D eigenvalue weighted by Crippen LogP contribution is 2.54. The van der Waals surface area contributed by atoms with Crippen molar-refractivity contribution in [3.05, 3.63) is 128 Å². The van der Waals surface area contributed by atoms with E-state index in [1.807, 2.05) is 0 Å². The summed E-state index contributed by atoms with van der Waals surface area (Å²) in [5.41, 5.74) is 14.8. The van der Waals surface area contributed by atoms with Crippen LogP contribution in [-0.4, -0.2) is 0 Å². The Morgan fingerprint density at radius 2 is 0.528 bits per heavy atom. The lowest BCUT2D eigenvalue weighted by molar-refractivity contribution is 1.39. The van der Waals surface area contributed by atoms with Gasteiger partial charge in [-0.3, -0.25) is 0 Å². The van der Waals surface area contributed by atoms with Crippen molar-refractivity contribution in [3.8, 4) is 44.5 Å². The van der Waals surface area contributed by atoms with Gasteiger partial charge >= 0.3 is 0 Å². The average Bonchev–Trinajstić information content (AvgIpc) is 2.87. The molecule has 0 aromatic heterocycles. The lowest BCUT2D eigenvalue weighted by Crippen LogP contribution is -2.00. The molecule has 5 aromatic carbocycles. The van der Waals surface area contributed by atoms with Crippen LogP contribution in [0.15, 0.2) is 106 Å². The van der Waals surface area contributed by atoms with E-state index in [2.05, 4.69) is 157 Å². The van der Waals surface area contributed by atoms with Crippen LogP contribution in [0.25, 0.3) is 44.5 Å². The summed E-state index contributed by atoms with van der Waals surface area (Å²) in [5, 5.41) is 0. The number of hydrogen-bond donors (Lipinski definition) is 0. The fourth-order valence-corrected chi connectivity index (χ4v) is 6.76. The smallest absolute Gasteiger partial charge is 0.0345 e. The monoisotopic (exact) mass is 594 g/mol. The summed E-state index contributed by atoms with van der Waals surface area (Å²) in [5.74, 6) is 0. The van der Waals surface area contributed by atoms with Crippen LogP contribution in [-0.2, 0) is 0 Å². The van der Waals surface area contributed by atoms with Crippen LogP contribution in [0, 0.1) is 27.7 Å². The van der Waals surface area contributed by atoms with E-state index in [1.54, 1.807) is 0 Å². The topological polar surface area (TPSA) is 0 Å². The van der Waals surface area contributed by atoms with Crippen molar-refractivity contribution in [3.63, 3.8) is 0 Å². The van der Waals surface area contributed by atoms with Gasteiger partial charge in [-0.05, 0) is 104 Å². The normalized spacial score (nSPS) is 11.1. The molecule has 0 N–H and O–H groups in total. The summed E-state index contributed by atoms with van der Waals surface area (Å²) < 4.78 is 2.23. The minimum absolute atomic E-state index is 1.12. The SMILES string of the molecule is Cc1ccccc1-c1c(Br)c(-c2ccccc2C)c(-c2ccccc2C)c(Br)c1-c1ccccc1C. The Balaban J connectivity index is 2.05. The highest BCUT2D eigenvalue weighted by atomic mass is 79.9. The van der Waals surface area contributed by atoms with Gasteiger partial charge < -0.3 is 0 Å². The van der Waals surface area contributed by atoms with Gasteiger partial charge in [0.15, 0.2) is 0 Å². The molecule has 0 radical (unpaired) electrons. The number of rotatable bonds is 4. The van der Waals surface area contributed by atoms with Gasteiger partial charge in [-0.2, -0.15) is 0 Å². The number of aryl methyl sites for hydroxylation is 4. The van der Waals surface area contributed by atoms with Gasteiger partial charge in [0.05, 0.1) is 0 Å². The largest absolute Gasteiger partial charge is 0.0620 e. The van der Waals surface area contributed by atoms with Crippen LogP contribution >= 0.6 is 31.9 Å². The molecule has 0 nitrogen and oxygen atoms in total. The third kappa shape index (κ3) is 4.27. The van der Waals surface area contributed by atoms with E-state index in [0.717, 1.165) is 8.95 Å². The van der Waals surface area contributed by atoms with Gasteiger partial charge in [-0.25, -0.2) is 0 Å². The molecule has 2 heteroatoms. The quantitative estimate of drug-likeness (QED) is 0.194. The molecule has 5 aromatic rings. The van der Waals surface area contributed by atoms with Crippen molar-refractivity contribution < 1.29 is 0 Å². The third-order valence-corrected chi connectivity index (χ3v) is 8.62. The van der Waals surface area contributed by atoms with Gasteiger partial charge in [-0.15, -0.1) is 0 Å². The van der Waals surface area contributed by atoms with E-state index < -0.39 is 0 Å². The maximum Gasteiger partial charge on any atom is 0.0345 e. The molecule has 0 heterocycles. The predicted molar refractivity (Wildman–Crippen MR) is 163 cm³/mol. The van der Waals surface area contributed by atoms with Crippen molar-refractivity contribution >= 4 is 31.9 Å². The summed E-state index contributed by atoms with van der Waals surface area (Å²) in [6.45, 7) is 8.78. The standard InChI is InChI=1S/C34H28Br2/c1-21-13-5-9-17-25(21)29-30(26-18-10-6-14-22(26)2)34(36)32(28-20-12-8-16-24(28)4)31(33(29)35)27-19-11-7-15-23(27)3/h5-20H,1-4H3. The first-order chi connectivity index (χ1) is 17.4. The molecule has 0 aliphatic heterocycles. The molecule has 0 aliphatic carbocycles. The van der Waals surface area contributed by atoms with Gasteiger partial charge in [0, 0.05) is 31.2 Å². The zero-order chi connectivity index (χ0) is 25.4. The predicted octanol–water partition coefficient (Wildman–Crippen LogP) is 11.1. The number of hydrogen-bond acceptors (Lipinski definition) is 0. The fraction of sp³-hybridized carbons (Fsp3) is 0.118. The Morgan fingerprint density at radius 1 is 0.333 bits per heavy atom. The van der Waals surface area contributed by atoms with E-state index in [-0.39, 0.29) is 0 Å². The van der Waals surface area contributed by atoms with Crippen LogP contribution in [0.1, 0.15) is 22.3 Å². The summed E-state index contributed by atoms with van der Waals surface area (Å²) in [7, 11) is 0. The van der Waals surface area contributed by atoms with Gasteiger partial charge in [0.2, 0.25) is 0 Å². The van der Waals surface area contributed by atoms with E-state index >= 15 is 0 Å². The minimum atomic E-state index is 1.12. The number of halogens is 2. The molecule has 0 amide bonds. The fourth-order valence-electron chi connectivity index (χ4n) is 5.11. The van der Waals surface area contributed by atoms with Gasteiger partial charge in [0.1, 0.15) is 0 Å². The van der Waals surface area contributed by atoms with Crippen LogP contribution in [0.2, 0.25) is 0 Å². The van der Waals surface area contributed by atoms with E-state index in [0.29, 0.717) is 0 Å². The molecule has 178 valence electrons. The number of benzene rings is 5. The van der Waals surface area contributed by atoms with Crippen molar-refractivity contribution in [2.45, 2.75) is 27.7 Å². The first-order valence-electron chi connectivity index (χ1n) is 12.2. The Hall–Kier alpha value is -2.94. The Kier molecular flexibility index (Phi) is 7.01. The highest BCUT2D eigenvalue weighted by molar-refractivity contribution is 9.11. The summed E-state index contributed by atoms with van der Waals surface area (Å²) in [6.07, 6.45) is 0. The van der Waals surface area contributed by atoms with Gasteiger partial charge in [-0.1, -0.05) is 97.1 Å². The molecule has 0 saturated heterocycles. The van der Waals surface area contributed by atoms with E-state index in [4.69, 9.17) is 0 Å². The second-order valence-electron chi connectivity index (χ2n) is 9.39. The van der Waals surface area contributed by atoms with Crippen LogP contribution in [0.3, 0.4) is 0 Å². The van der Waals surface area contributed by atoms with Crippen LogP contribution < -0.4 is 0 Å². The highest BCUT2D eigenvalue weighted by Gasteiger charge is 2.27. The van der Waals surface area contributed by atoms with Gasteiger partial charge in [0.25, 0.3) is 0 Å². The molecule has 0 spiro atoms. The lowest BCUT2D eigenvalue weighted by atomic mass is 9.82. The average molecular weight is 596 g/mol. The molecule has 0 aliphatic rings. The third-order valence-electron chi connectivity index (χ3n) is 7.04. The van der Waals surface area contributed by atoms with E-state index in [9.17, 15) is 0 Å². The van der Waals surface area contributed by atoms with Crippen molar-refractivity contribution in [2.24, 2.45) is 0 Å². The molecular weight excluding hydrogens is 568 g/mol. The summed E-state index contributed by atoms with van der Waals surface area (Å²) in [4.78, 5) is 0. The maximum absolute atomic E-state index is 4.18. The minimum Gasteiger partial charge on any atom is -0.0620 e. The summed E-state index contributed by atoms with van der Waals surface area (Å²) >= 11 is 8.36. The summed E-state index contributed by atoms with van der Waals surface area (Å²) in [6, 6.07) is 34.7. The van der Waals surface area contributed by atoms with E-state index in [1.165, 1.54) is 66.8 Å². The van der Waals surface area contributed by atoms with Crippen molar-refractivity contribution in [1.29, 1.82) is 0 Å². The second-order valence-corrected chi connectivity index (χ2v) is 11.0. The zero-order valence-electron chi connectivity index (χ0n) is 21.0. The Bertz CT molecular complexity index is 1360. The molecule has 36 heavy (non-hydrogen) atoms. The first kappa shape index (κ1) is 24.7. The Labute approximate surface area is 231 Å². The Morgan fingerprint density at radius 3 is 0.722 bits per heavy atom. The molecule has 0 fully saturated rings. The van der Waals surface area contributed by atoms with Crippen molar-refractivity contribution in [2.75, 3.05) is 0 Å². The van der Waals surface area contributed by atoms with Crippen molar-refractivity contribution in [1.82, 2.24) is 0 Å². The van der Waals surface area contributed by atoms with Crippen LogP contribution in [0.5, 0.6) is 0 Å². The lowest BCUT2D eigenvalue weighted by Gasteiger charge is -2.26. The maximum atomic E-state index is 4.18. The first-order valence-corrected chi connectivity index (χ1v) is 13.8. The molecular formula is C34H28Br2.